The van der Waals surface area contributed by atoms with E-state index in [1.165, 1.54) is 16.4 Å². The van der Waals surface area contributed by atoms with Crippen molar-refractivity contribution in [2.75, 3.05) is 13.1 Å². The molecule has 1 aliphatic heterocycles. The summed E-state index contributed by atoms with van der Waals surface area (Å²) in [6.07, 6.45) is 0.392. The largest absolute Gasteiger partial charge is 0.223 e. The Bertz CT molecular complexity index is 1020. The van der Waals surface area contributed by atoms with E-state index in [-0.39, 0.29) is 36.6 Å². The normalized spacial score (nSPS) is 17.1. The molecule has 0 amide bonds. The van der Waals surface area contributed by atoms with Crippen LogP contribution in [-0.4, -0.2) is 39.5 Å². The maximum atomic E-state index is 13.0. The molecule has 27 heavy (non-hydrogen) atoms. The Morgan fingerprint density at radius 1 is 0.963 bits per heavy atom. The standard InChI is InChI=1S/C18H19ClFNO4S2/c19-18-4-2-1-3-14(18)13-26(22,23)21-11-9-17(10-12-21)27(24,25)16-7-5-15(20)6-8-16/h1-8,17H,9-13H2. The van der Waals surface area contributed by atoms with Crippen molar-refractivity contribution in [2.45, 2.75) is 28.7 Å². The Hall–Kier alpha value is -1.48. The van der Waals surface area contributed by atoms with E-state index in [9.17, 15) is 21.2 Å². The third-order valence-corrected chi connectivity index (χ3v) is 9.15. The van der Waals surface area contributed by atoms with E-state index in [1.54, 1.807) is 24.3 Å². The number of halogens is 2. The molecule has 0 bridgehead atoms. The lowest BCUT2D eigenvalue weighted by Crippen LogP contribution is -2.42. The van der Waals surface area contributed by atoms with Gasteiger partial charge in [0.2, 0.25) is 10.0 Å². The minimum Gasteiger partial charge on any atom is -0.223 e. The van der Waals surface area contributed by atoms with Crippen LogP contribution in [0, 0.1) is 5.82 Å². The van der Waals surface area contributed by atoms with Crippen LogP contribution in [0.15, 0.2) is 53.4 Å². The Kier molecular flexibility index (Phi) is 5.90. The minimum atomic E-state index is -3.62. The summed E-state index contributed by atoms with van der Waals surface area (Å²) in [5.41, 5.74) is 0.514. The Morgan fingerprint density at radius 3 is 2.15 bits per heavy atom. The summed E-state index contributed by atoms with van der Waals surface area (Å²) < 4.78 is 65.0. The SMILES string of the molecule is O=S(=O)(c1ccc(F)cc1)C1CCN(S(=O)(=O)Cc2ccccc2Cl)CC1. The molecule has 3 rings (SSSR count). The zero-order valence-corrected chi connectivity index (χ0v) is 16.8. The first-order valence-corrected chi connectivity index (χ1v) is 11.9. The molecule has 0 saturated carbocycles. The summed E-state index contributed by atoms with van der Waals surface area (Å²) in [4.78, 5) is 0.0567. The quantitative estimate of drug-likeness (QED) is 0.681. The number of sulfonamides is 1. The number of rotatable bonds is 5. The van der Waals surface area contributed by atoms with E-state index in [2.05, 4.69) is 0 Å². The fraction of sp³-hybridized carbons (Fsp3) is 0.333. The van der Waals surface area contributed by atoms with Crippen LogP contribution in [0.1, 0.15) is 18.4 Å². The number of benzene rings is 2. The second-order valence-electron chi connectivity index (χ2n) is 6.44. The first-order chi connectivity index (χ1) is 12.7. The second-order valence-corrected chi connectivity index (χ2v) is 11.0. The third-order valence-electron chi connectivity index (χ3n) is 4.67. The van der Waals surface area contributed by atoms with Gasteiger partial charge in [-0.15, -0.1) is 0 Å². The predicted octanol–water partition coefficient (Wildman–Crippen LogP) is 3.25. The molecule has 1 fully saturated rings. The number of sulfone groups is 1. The maximum absolute atomic E-state index is 13.0. The van der Waals surface area contributed by atoms with Gasteiger partial charge in [0.1, 0.15) is 5.82 Å². The third kappa shape index (κ3) is 4.51. The summed E-state index contributed by atoms with van der Waals surface area (Å²) in [6.45, 7) is 0.246. The van der Waals surface area contributed by atoms with Crippen LogP contribution >= 0.6 is 11.6 Å². The molecular formula is C18H19ClFNO4S2. The van der Waals surface area contributed by atoms with Crippen molar-refractivity contribution >= 4 is 31.5 Å². The van der Waals surface area contributed by atoms with Gasteiger partial charge in [-0.2, -0.15) is 0 Å². The summed E-state index contributed by atoms with van der Waals surface area (Å²) in [5, 5.41) is -0.301. The van der Waals surface area contributed by atoms with Crippen molar-refractivity contribution in [2.24, 2.45) is 0 Å². The molecule has 0 unspecified atom stereocenters. The van der Waals surface area contributed by atoms with Crippen molar-refractivity contribution in [3.8, 4) is 0 Å². The van der Waals surface area contributed by atoms with Crippen LogP contribution in [0.2, 0.25) is 5.02 Å². The molecule has 0 radical (unpaired) electrons. The van der Waals surface area contributed by atoms with Crippen LogP contribution in [0.25, 0.3) is 0 Å². The summed E-state index contributed by atoms with van der Waals surface area (Å²) in [7, 11) is -7.22. The lowest BCUT2D eigenvalue weighted by atomic mass is 10.2. The molecule has 1 aliphatic rings. The highest BCUT2D eigenvalue weighted by molar-refractivity contribution is 7.92. The van der Waals surface area contributed by atoms with E-state index in [0.29, 0.717) is 10.6 Å². The van der Waals surface area contributed by atoms with Crippen molar-refractivity contribution in [3.05, 3.63) is 64.9 Å². The van der Waals surface area contributed by atoms with Gasteiger partial charge in [0, 0.05) is 18.1 Å². The number of hydrogen-bond donors (Lipinski definition) is 0. The molecule has 9 heteroatoms. The van der Waals surface area contributed by atoms with Crippen molar-refractivity contribution in [1.29, 1.82) is 0 Å². The Morgan fingerprint density at radius 2 is 1.56 bits per heavy atom. The second kappa shape index (κ2) is 7.87. The molecule has 0 aliphatic carbocycles. The molecule has 0 atom stereocenters. The van der Waals surface area contributed by atoms with Crippen LogP contribution < -0.4 is 0 Å². The van der Waals surface area contributed by atoms with Crippen LogP contribution in [0.3, 0.4) is 0 Å². The first-order valence-electron chi connectivity index (χ1n) is 8.41. The van der Waals surface area contributed by atoms with Gasteiger partial charge in [0.25, 0.3) is 0 Å². The lowest BCUT2D eigenvalue weighted by molar-refractivity contribution is 0.345. The van der Waals surface area contributed by atoms with Gasteiger partial charge in [-0.3, -0.25) is 0 Å². The van der Waals surface area contributed by atoms with E-state index in [1.807, 2.05) is 0 Å². The molecule has 2 aromatic rings. The zero-order chi connectivity index (χ0) is 19.7. The molecule has 1 heterocycles. The van der Waals surface area contributed by atoms with Crippen LogP contribution in [0.4, 0.5) is 4.39 Å². The molecule has 146 valence electrons. The highest BCUT2D eigenvalue weighted by Gasteiger charge is 2.35. The summed E-state index contributed by atoms with van der Waals surface area (Å²) in [6, 6.07) is 11.4. The molecule has 0 aromatic heterocycles. The van der Waals surface area contributed by atoms with Gasteiger partial charge in [0.15, 0.2) is 9.84 Å². The monoisotopic (exact) mass is 431 g/mol. The van der Waals surface area contributed by atoms with E-state index in [0.717, 1.165) is 12.1 Å². The van der Waals surface area contributed by atoms with Gasteiger partial charge >= 0.3 is 0 Å². The Balaban J connectivity index is 1.69. The van der Waals surface area contributed by atoms with Crippen LogP contribution in [0.5, 0.6) is 0 Å². The number of nitrogens with zero attached hydrogens (tertiary/aromatic N) is 1. The van der Waals surface area contributed by atoms with Gasteiger partial charge in [-0.05, 0) is 48.7 Å². The van der Waals surface area contributed by atoms with Crippen molar-refractivity contribution in [3.63, 3.8) is 0 Å². The molecule has 5 nitrogen and oxygen atoms in total. The molecule has 1 saturated heterocycles. The topological polar surface area (TPSA) is 71.5 Å². The molecule has 0 spiro atoms. The van der Waals surface area contributed by atoms with Gasteiger partial charge < -0.3 is 0 Å². The smallest absolute Gasteiger partial charge is 0.218 e. The van der Waals surface area contributed by atoms with E-state index < -0.39 is 30.9 Å². The summed E-state index contributed by atoms with van der Waals surface area (Å²) in [5.74, 6) is -0.725. The lowest BCUT2D eigenvalue weighted by Gasteiger charge is -2.31. The maximum Gasteiger partial charge on any atom is 0.218 e. The molecule has 2 aromatic carbocycles. The average Bonchev–Trinajstić information content (AvgIpc) is 2.64. The number of hydrogen-bond acceptors (Lipinski definition) is 4. The van der Waals surface area contributed by atoms with Gasteiger partial charge in [-0.1, -0.05) is 29.8 Å². The molecular weight excluding hydrogens is 413 g/mol. The number of piperidine rings is 1. The van der Waals surface area contributed by atoms with E-state index in [4.69, 9.17) is 11.6 Å². The fourth-order valence-corrected chi connectivity index (χ4v) is 6.75. The Labute approximate surface area is 163 Å². The highest BCUT2D eigenvalue weighted by atomic mass is 35.5. The minimum absolute atomic E-state index is 0.0567. The van der Waals surface area contributed by atoms with E-state index >= 15 is 0 Å². The highest BCUT2D eigenvalue weighted by Crippen LogP contribution is 2.27. The van der Waals surface area contributed by atoms with Crippen LogP contribution in [-0.2, 0) is 25.6 Å². The first kappa shape index (κ1) is 20.3. The molecule has 0 N–H and O–H groups in total. The average molecular weight is 432 g/mol. The van der Waals surface area contributed by atoms with Gasteiger partial charge in [0.05, 0.1) is 15.9 Å². The van der Waals surface area contributed by atoms with Gasteiger partial charge in [-0.25, -0.2) is 25.5 Å². The van der Waals surface area contributed by atoms with Crippen molar-refractivity contribution < 1.29 is 21.2 Å². The zero-order valence-electron chi connectivity index (χ0n) is 14.4. The van der Waals surface area contributed by atoms with Crippen molar-refractivity contribution in [1.82, 2.24) is 4.31 Å². The predicted molar refractivity (Wildman–Crippen MR) is 102 cm³/mol. The summed E-state index contributed by atoms with van der Waals surface area (Å²) >= 11 is 6.04. The fourth-order valence-electron chi connectivity index (χ4n) is 3.14.